The molecule has 6 nitrogen and oxygen atoms in total. The van der Waals surface area contributed by atoms with Crippen LogP contribution in [0.15, 0.2) is 23.1 Å². The lowest BCUT2D eigenvalue weighted by atomic mass is 10.1. The fourth-order valence-corrected chi connectivity index (χ4v) is 3.75. The van der Waals surface area contributed by atoms with Gasteiger partial charge in [-0.1, -0.05) is 6.42 Å². The number of thiol groups is 1. The van der Waals surface area contributed by atoms with Crippen LogP contribution in [0, 0.1) is 0 Å². The van der Waals surface area contributed by atoms with Crippen LogP contribution < -0.4 is 0 Å². The van der Waals surface area contributed by atoms with Crippen LogP contribution in [0.5, 0.6) is 11.5 Å². The van der Waals surface area contributed by atoms with Crippen LogP contribution in [0.4, 0.5) is 0 Å². The second-order valence-electron chi connectivity index (χ2n) is 5.45. The number of carboxylic acids is 2. The Balaban J connectivity index is 2.57. The minimum Gasteiger partial charge on any atom is -0.504 e. The summed E-state index contributed by atoms with van der Waals surface area (Å²) in [6.45, 7) is 0. The molecule has 1 rings (SSSR count). The third-order valence-electron chi connectivity index (χ3n) is 3.42. The van der Waals surface area contributed by atoms with E-state index in [2.05, 4.69) is 12.6 Å². The molecule has 1 unspecified atom stereocenters. The molecule has 0 spiro atoms. The van der Waals surface area contributed by atoms with Crippen LogP contribution >= 0.6 is 24.4 Å². The second kappa shape index (κ2) is 10.9. The standard InChI is InChI=1S/C17H22O6S2/c18-13-7-5-11(6-8-15(21)22)17(16(13)23)25-10-9-12(24)3-1-2-4-14(19)20/h5-8,12,18,23-24H,1-4,9-10H2,(H,19,20)(H,21,22)/b8-6+. The maximum atomic E-state index is 10.7. The van der Waals surface area contributed by atoms with Crippen molar-refractivity contribution in [2.45, 2.75) is 42.2 Å². The van der Waals surface area contributed by atoms with Gasteiger partial charge in [0.05, 0.1) is 4.90 Å². The minimum absolute atomic E-state index is 0.110. The van der Waals surface area contributed by atoms with Crippen LogP contribution in [0.2, 0.25) is 0 Å². The van der Waals surface area contributed by atoms with Crippen LogP contribution in [0.25, 0.3) is 6.08 Å². The van der Waals surface area contributed by atoms with Crippen LogP contribution in [-0.2, 0) is 9.59 Å². The average Bonchev–Trinajstić information content (AvgIpc) is 2.54. The van der Waals surface area contributed by atoms with Crippen molar-refractivity contribution in [1.82, 2.24) is 0 Å². The largest absolute Gasteiger partial charge is 0.504 e. The van der Waals surface area contributed by atoms with Gasteiger partial charge in [-0.3, -0.25) is 4.79 Å². The topological polar surface area (TPSA) is 115 Å². The Morgan fingerprint density at radius 1 is 1.16 bits per heavy atom. The lowest BCUT2D eigenvalue weighted by Gasteiger charge is -2.12. The number of unbranched alkanes of at least 4 members (excludes halogenated alkanes) is 1. The Hall–Kier alpha value is -1.80. The van der Waals surface area contributed by atoms with Gasteiger partial charge in [0.1, 0.15) is 0 Å². The van der Waals surface area contributed by atoms with Gasteiger partial charge in [0.15, 0.2) is 11.5 Å². The molecular weight excluding hydrogens is 364 g/mol. The molecular formula is C17H22O6S2. The van der Waals surface area contributed by atoms with E-state index in [9.17, 15) is 19.8 Å². The van der Waals surface area contributed by atoms with Gasteiger partial charge >= 0.3 is 11.9 Å². The summed E-state index contributed by atoms with van der Waals surface area (Å²) < 4.78 is 0. The summed E-state index contributed by atoms with van der Waals surface area (Å²) in [6, 6.07) is 2.85. The van der Waals surface area contributed by atoms with Crippen molar-refractivity contribution < 1.29 is 30.0 Å². The first-order valence-corrected chi connectivity index (χ1v) is 9.30. The zero-order valence-electron chi connectivity index (χ0n) is 13.6. The Morgan fingerprint density at radius 2 is 1.88 bits per heavy atom. The van der Waals surface area contributed by atoms with Gasteiger partial charge in [-0.25, -0.2) is 4.79 Å². The van der Waals surface area contributed by atoms with Gasteiger partial charge < -0.3 is 20.4 Å². The fourth-order valence-electron chi connectivity index (χ4n) is 2.12. The molecule has 0 aliphatic rings. The first-order chi connectivity index (χ1) is 11.8. The number of phenols is 2. The van der Waals surface area contributed by atoms with E-state index in [1.807, 2.05) is 0 Å². The smallest absolute Gasteiger partial charge is 0.328 e. The van der Waals surface area contributed by atoms with Gasteiger partial charge in [-0.2, -0.15) is 12.6 Å². The molecule has 0 aromatic heterocycles. The summed E-state index contributed by atoms with van der Waals surface area (Å²) in [6.07, 6.45) is 5.44. The van der Waals surface area contributed by atoms with Crippen molar-refractivity contribution >= 4 is 42.4 Å². The quantitative estimate of drug-likeness (QED) is 0.130. The van der Waals surface area contributed by atoms with E-state index in [-0.39, 0.29) is 23.2 Å². The molecule has 1 aromatic carbocycles. The number of rotatable bonds is 11. The summed E-state index contributed by atoms with van der Waals surface area (Å²) in [7, 11) is 0. The number of phenolic OH excluding ortho intramolecular Hbond substituents is 2. The molecule has 1 atom stereocenters. The van der Waals surface area contributed by atoms with Gasteiger partial charge in [0, 0.05) is 17.7 Å². The molecule has 0 aliphatic carbocycles. The van der Waals surface area contributed by atoms with Crippen LogP contribution in [0.3, 0.4) is 0 Å². The zero-order valence-corrected chi connectivity index (χ0v) is 15.3. The maximum Gasteiger partial charge on any atom is 0.328 e. The van der Waals surface area contributed by atoms with E-state index in [0.717, 1.165) is 25.3 Å². The number of carboxylic acid groups (broad SMARTS) is 2. The first-order valence-electron chi connectivity index (χ1n) is 7.80. The molecule has 0 bridgehead atoms. The SMILES string of the molecule is O=C(O)/C=C/c1ccc(O)c(O)c1SCCC(S)CCCCC(=O)O. The molecule has 4 N–H and O–H groups in total. The van der Waals surface area contributed by atoms with Crippen LogP contribution in [0.1, 0.15) is 37.7 Å². The molecule has 0 saturated carbocycles. The molecule has 0 radical (unpaired) electrons. The van der Waals surface area contributed by atoms with E-state index in [1.54, 1.807) is 6.07 Å². The Kier molecular flexibility index (Phi) is 9.30. The number of aromatic hydroxyl groups is 2. The van der Waals surface area contributed by atoms with E-state index >= 15 is 0 Å². The van der Waals surface area contributed by atoms with Gasteiger partial charge in [0.25, 0.3) is 0 Å². The van der Waals surface area contributed by atoms with E-state index in [4.69, 9.17) is 10.2 Å². The predicted molar refractivity (Wildman–Crippen MR) is 101 cm³/mol. The van der Waals surface area contributed by atoms with Gasteiger partial charge in [-0.05, 0) is 48.8 Å². The summed E-state index contributed by atoms with van der Waals surface area (Å²) in [5, 5.41) is 37.1. The van der Waals surface area contributed by atoms with Gasteiger partial charge in [0.2, 0.25) is 0 Å². The normalized spacial score (nSPS) is 12.4. The summed E-state index contributed by atoms with van der Waals surface area (Å²) in [4.78, 5) is 21.5. The average molecular weight is 386 g/mol. The number of hydrogen-bond donors (Lipinski definition) is 5. The van der Waals surface area contributed by atoms with Crippen molar-refractivity contribution in [3.8, 4) is 11.5 Å². The Morgan fingerprint density at radius 3 is 2.52 bits per heavy atom. The molecule has 0 aliphatic heterocycles. The van der Waals surface area contributed by atoms with Gasteiger partial charge in [-0.15, -0.1) is 11.8 Å². The number of benzene rings is 1. The molecule has 25 heavy (non-hydrogen) atoms. The Bertz CT molecular complexity index is 630. The number of hydrogen-bond acceptors (Lipinski definition) is 6. The summed E-state index contributed by atoms with van der Waals surface area (Å²) >= 11 is 5.79. The van der Waals surface area contributed by atoms with Crippen molar-refractivity contribution in [3.63, 3.8) is 0 Å². The molecule has 0 amide bonds. The van der Waals surface area contributed by atoms with E-state index < -0.39 is 11.9 Å². The summed E-state index contributed by atoms with van der Waals surface area (Å²) in [5.41, 5.74) is 0.514. The highest BCUT2D eigenvalue weighted by Gasteiger charge is 2.13. The Labute approximate surface area is 156 Å². The molecule has 138 valence electrons. The highest BCUT2D eigenvalue weighted by atomic mass is 32.2. The van der Waals surface area contributed by atoms with Crippen molar-refractivity contribution in [2.24, 2.45) is 0 Å². The minimum atomic E-state index is -1.10. The van der Waals surface area contributed by atoms with Crippen molar-refractivity contribution in [3.05, 3.63) is 23.8 Å². The predicted octanol–water partition coefficient (Wildman–Crippen LogP) is 3.62. The zero-order chi connectivity index (χ0) is 18.8. The summed E-state index contributed by atoms with van der Waals surface area (Å²) in [5.74, 6) is -1.80. The molecule has 0 saturated heterocycles. The third-order valence-corrected chi connectivity index (χ3v) is 5.10. The first kappa shape index (κ1) is 21.2. The number of carbonyl (C=O) groups is 2. The molecule has 1 aromatic rings. The highest BCUT2D eigenvalue weighted by molar-refractivity contribution is 7.99. The van der Waals surface area contributed by atoms with Crippen molar-refractivity contribution in [2.75, 3.05) is 5.75 Å². The van der Waals surface area contributed by atoms with Crippen molar-refractivity contribution in [1.29, 1.82) is 0 Å². The molecule has 0 heterocycles. The lowest BCUT2D eigenvalue weighted by Crippen LogP contribution is -2.02. The van der Waals surface area contributed by atoms with E-state index in [0.29, 0.717) is 22.6 Å². The lowest BCUT2D eigenvalue weighted by molar-refractivity contribution is -0.137. The maximum absolute atomic E-state index is 10.7. The highest BCUT2D eigenvalue weighted by Crippen LogP contribution is 2.39. The second-order valence-corrected chi connectivity index (χ2v) is 7.29. The van der Waals surface area contributed by atoms with E-state index in [1.165, 1.54) is 23.9 Å². The number of thioether (sulfide) groups is 1. The van der Waals surface area contributed by atoms with Crippen LogP contribution in [-0.4, -0.2) is 43.4 Å². The fraction of sp³-hybridized carbons (Fsp3) is 0.412. The molecule has 0 fully saturated rings. The number of aliphatic carboxylic acids is 2. The third kappa shape index (κ3) is 8.22. The molecule has 8 heteroatoms. The monoisotopic (exact) mass is 386 g/mol.